The lowest BCUT2D eigenvalue weighted by Crippen LogP contribution is -2.41. The van der Waals surface area contributed by atoms with Gasteiger partial charge in [0.25, 0.3) is 0 Å². The van der Waals surface area contributed by atoms with E-state index in [-0.39, 0.29) is 23.7 Å². The fourth-order valence-corrected chi connectivity index (χ4v) is 2.17. The van der Waals surface area contributed by atoms with Gasteiger partial charge in [-0.2, -0.15) is 0 Å². The molecule has 132 valence electrons. The molecule has 1 aliphatic rings. The first-order valence-electron chi connectivity index (χ1n) is 8.17. The van der Waals surface area contributed by atoms with E-state index in [1.807, 2.05) is 54.5 Å². The molecule has 2 rings (SSSR count). The van der Waals surface area contributed by atoms with E-state index >= 15 is 0 Å². The molecule has 1 fully saturated rings. The average Bonchev–Trinajstić information content (AvgIpc) is 2.64. The second kappa shape index (κ2) is 6.37. The Kier molecular flexibility index (Phi) is 4.97. The van der Waals surface area contributed by atoms with Gasteiger partial charge in [0.05, 0.1) is 11.2 Å². The summed E-state index contributed by atoms with van der Waals surface area (Å²) >= 11 is 0. The summed E-state index contributed by atoms with van der Waals surface area (Å²) < 4.78 is 17.2. The number of aromatic nitrogens is 1. The number of rotatable bonds is 4. The largest absolute Gasteiger partial charge is 0.496 e. The zero-order valence-corrected chi connectivity index (χ0v) is 15.6. The normalized spacial score (nSPS) is 19.2. The Hall–Kier alpha value is -1.60. The molecule has 1 N–H and O–H groups in total. The number of nitrogens with zero attached hydrogens (tertiary/aromatic N) is 1. The molecular weight excluding hydrogens is 307 g/mol. The minimum absolute atomic E-state index is 0.0696. The van der Waals surface area contributed by atoms with Gasteiger partial charge in [0, 0.05) is 11.7 Å². The zero-order chi connectivity index (χ0) is 18.2. The Bertz CT molecular complexity index is 578. The molecule has 1 aromatic heterocycles. The molecule has 0 unspecified atom stereocenters. The van der Waals surface area contributed by atoms with Gasteiger partial charge in [-0.3, -0.25) is 4.79 Å². The number of carbonyl (C=O) groups is 1. The Morgan fingerprint density at radius 3 is 2.25 bits per heavy atom. The van der Waals surface area contributed by atoms with Crippen LogP contribution in [0.25, 0.3) is 0 Å². The zero-order valence-electron chi connectivity index (χ0n) is 15.6. The van der Waals surface area contributed by atoms with Crippen molar-refractivity contribution in [2.75, 3.05) is 11.9 Å². The van der Waals surface area contributed by atoms with Crippen LogP contribution >= 0.6 is 0 Å². The lowest BCUT2D eigenvalue weighted by atomic mass is 9.80. The lowest BCUT2D eigenvalue weighted by molar-refractivity contribution is -0.152. The van der Waals surface area contributed by atoms with E-state index in [1.165, 1.54) is 0 Å². The predicted octanol–water partition coefficient (Wildman–Crippen LogP) is 2.13. The number of hydrogen-bond acceptors (Lipinski definition) is 6. The SMILES string of the molecule is CC(C)(C)OC(=O)CNc1ccc(B2OC(C)(C)C(C)(C)O2)cn1. The summed E-state index contributed by atoms with van der Waals surface area (Å²) in [5.41, 5.74) is -0.417. The van der Waals surface area contributed by atoms with Crippen molar-refractivity contribution in [3.05, 3.63) is 18.3 Å². The van der Waals surface area contributed by atoms with Gasteiger partial charge in [0.15, 0.2) is 0 Å². The Labute approximate surface area is 144 Å². The molecule has 1 aliphatic heterocycles. The van der Waals surface area contributed by atoms with Gasteiger partial charge in [0.1, 0.15) is 18.0 Å². The molecule has 0 saturated carbocycles. The molecule has 1 saturated heterocycles. The third-order valence-corrected chi connectivity index (χ3v) is 4.15. The summed E-state index contributed by atoms with van der Waals surface area (Å²) in [5, 5.41) is 2.95. The molecule has 6 nitrogen and oxygen atoms in total. The summed E-state index contributed by atoms with van der Waals surface area (Å²) in [6.45, 7) is 13.6. The van der Waals surface area contributed by atoms with Crippen molar-refractivity contribution in [3.8, 4) is 0 Å². The minimum Gasteiger partial charge on any atom is -0.459 e. The highest BCUT2D eigenvalue weighted by Crippen LogP contribution is 2.36. The van der Waals surface area contributed by atoms with Crippen LogP contribution in [0.5, 0.6) is 0 Å². The van der Waals surface area contributed by atoms with Crippen LogP contribution in [0.3, 0.4) is 0 Å². The van der Waals surface area contributed by atoms with Crippen LogP contribution in [0.4, 0.5) is 5.82 Å². The van der Waals surface area contributed by atoms with E-state index in [0.29, 0.717) is 5.82 Å². The molecule has 0 atom stereocenters. The smallest absolute Gasteiger partial charge is 0.459 e. The van der Waals surface area contributed by atoms with E-state index in [2.05, 4.69) is 10.3 Å². The Morgan fingerprint density at radius 2 is 1.79 bits per heavy atom. The number of ether oxygens (including phenoxy) is 1. The molecule has 24 heavy (non-hydrogen) atoms. The number of pyridine rings is 1. The lowest BCUT2D eigenvalue weighted by Gasteiger charge is -2.32. The molecule has 1 aromatic rings. The predicted molar refractivity (Wildman–Crippen MR) is 94.3 cm³/mol. The molecule has 0 amide bonds. The first-order valence-corrected chi connectivity index (χ1v) is 8.17. The van der Waals surface area contributed by atoms with Gasteiger partial charge in [0.2, 0.25) is 0 Å². The summed E-state index contributed by atoms with van der Waals surface area (Å²) in [7, 11) is -0.442. The summed E-state index contributed by atoms with van der Waals surface area (Å²) in [6, 6.07) is 3.68. The van der Waals surface area contributed by atoms with Gasteiger partial charge >= 0.3 is 13.1 Å². The van der Waals surface area contributed by atoms with Gasteiger partial charge in [-0.15, -0.1) is 0 Å². The van der Waals surface area contributed by atoms with Crippen LogP contribution in [0, 0.1) is 0 Å². The highest BCUT2D eigenvalue weighted by Gasteiger charge is 2.51. The third kappa shape index (κ3) is 4.48. The second-order valence-corrected chi connectivity index (χ2v) is 8.01. The number of hydrogen-bond donors (Lipinski definition) is 1. The van der Waals surface area contributed by atoms with Crippen molar-refractivity contribution in [1.29, 1.82) is 0 Å². The highest BCUT2D eigenvalue weighted by molar-refractivity contribution is 6.62. The van der Waals surface area contributed by atoms with Crippen LogP contribution in [0.1, 0.15) is 48.5 Å². The van der Waals surface area contributed by atoms with Crippen LogP contribution in [-0.2, 0) is 18.8 Å². The van der Waals surface area contributed by atoms with E-state index in [1.54, 1.807) is 12.3 Å². The molecule has 0 spiro atoms. The number of esters is 1. The Morgan fingerprint density at radius 1 is 1.21 bits per heavy atom. The van der Waals surface area contributed by atoms with Crippen LogP contribution in [0.15, 0.2) is 18.3 Å². The average molecular weight is 334 g/mol. The van der Waals surface area contributed by atoms with Gasteiger partial charge < -0.3 is 19.4 Å². The molecule has 0 aliphatic carbocycles. The van der Waals surface area contributed by atoms with Crippen molar-refractivity contribution in [1.82, 2.24) is 4.98 Å². The van der Waals surface area contributed by atoms with Gasteiger partial charge in [-0.05, 0) is 54.5 Å². The van der Waals surface area contributed by atoms with E-state index in [4.69, 9.17) is 14.0 Å². The summed E-state index contributed by atoms with van der Waals surface area (Å²) in [6.07, 6.45) is 1.69. The Balaban J connectivity index is 1.94. The fraction of sp³-hybridized carbons (Fsp3) is 0.647. The minimum atomic E-state index is -0.493. The molecule has 0 radical (unpaired) electrons. The highest BCUT2D eigenvalue weighted by atomic mass is 16.7. The van der Waals surface area contributed by atoms with E-state index in [0.717, 1.165) is 5.46 Å². The molecular formula is C17H27BN2O4. The first kappa shape index (κ1) is 18.7. The third-order valence-electron chi connectivity index (χ3n) is 4.15. The first-order chi connectivity index (χ1) is 10.9. The maximum Gasteiger partial charge on any atom is 0.496 e. The van der Waals surface area contributed by atoms with Crippen molar-refractivity contribution in [2.45, 2.75) is 65.3 Å². The number of nitrogens with one attached hydrogen (secondary N) is 1. The van der Waals surface area contributed by atoms with Crippen molar-refractivity contribution in [2.24, 2.45) is 0 Å². The van der Waals surface area contributed by atoms with Crippen molar-refractivity contribution < 1.29 is 18.8 Å². The monoisotopic (exact) mass is 334 g/mol. The molecule has 0 aromatic carbocycles. The van der Waals surface area contributed by atoms with Crippen molar-refractivity contribution in [3.63, 3.8) is 0 Å². The summed E-state index contributed by atoms with van der Waals surface area (Å²) in [4.78, 5) is 16.0. The quantitative estimate of drug-likeness (QED) is 0.672. The molecule has 2 heterocycles. The standard InChI is InChI=1S/C17H27BN2O4/c1-15(2,3)22-14(21)11-20-13-9-8-12(10-19-13)18-23-16(4,5)17(6,7)24-18/h8-10H,11H2,1-7H3,(H,19,20). The van der Waals surface area contributed by atoms with Crippen LogP contribution < -0.4 is 10.8 Å². The fourth-order valence-electron chi connectivity index (χ4n) is 2.17. The number of carbonyl (C=O) groups excluding carboxylic acids is 1. The number of anilines is 1. The summed E-state index contributed by atoms with van der Waals surface area (Å²) in [5.74, 6) is 0.278. The maximum atomic E-state index is 11.7. The molecule has 7 heteroatoms. The second-order valence-electron chi connectivity index (χ2n) is 8.01. The van der Waals surface area contributed by atoms with Crippen LogP contribution in [0.2, 0.25) is 0 Å². The van der Waals surface area contributed by atoms with E-state index in [9.17, 15) is 4.79 Å². The van der Waals surface area contributed by atoms with E-state index < -0.39 is 12.7 Å². The van der Waals surface area contributed by atoms with Gasteiger partial charge in [-0.1, -0.05) is 6.07 Å². The van der Waals surface area contributed by atoms with Crippen LogP contribution in [-0.4, -0.2) is 41.4 Å². The van der Waals surface area contributed by atoms with Gasteiger partial charge in [-0.25, -0.2) is 4.98 Å². The maximum absolute atomic E-state index is 11.7. The molecule has 0 bridgehead atoms. The van der Waals surface area contributed by atoms with Crippen molar-refractivity contribution >= 4 is 24.4 Å². The topological polar surface area (TPSA) is 69.7 Å².